The van der Waals surface area contributed by atoms with E-state index in [0.29, 0.717) is 24.3 Å². The molecule has 0 heterocycles. The van der Waals surface area contributed by atoms with Gasteiger partial charge >= 0.3 is 0 Å². The Bertz CT molecular complexity index is 472. The Balaban J connectivity index is 2.52. The molecular weight excluding hydrogens is 242 g/mol. The first-order chi connectivity index (χ1) is 9.13. The quantitative estimate of drug-likeness (QED) is 0.618. The van der Waals surface area contributed by atoms with Crippen molar-refractivity contribution in [2.24, 2.45) is 0 Å². The van der Waals surface area contributed by atoms with Gasteiger partial charge in [0.05, 0.1) is 12.7 Å². The zero-order valence-electron chi connectivity index (χ0n) is 11.3. The van der Waals surface area contributed by atoms with Crippen LogP contribution in [0.1, 0.15) is 29.8 Å². The van der Waals surface area contributed by atoms with Crippen molar-refractivity contribution in [1.82, 2.24) is 5.32 Å². The van der Waals surface area contributed by atoms with Gasteiger partial charge < -0.3 is 15.2 Å². The average molecular weight is 261 g/mol. The number of hydrogen-bond acceptors (Lipinski definition) is 3. The number of carbonyl (C=O) groups excluding carboxylic acids is 1. The lowest BCUT2D eigenvalue weighted by Crippen LogP contribution is -2.28. The van der Waals surface area contributed by atoms with Crippen molar-refractivity contribution in [1.29, 1.82) is 0 Å². The van der Waals surface area contributed by atoms with E-state index < -0.39 is 0 Å². The molecule has 0 aliphatic heterocycles. The number of hydrogen-bond donors (Lipinski definition) is 2. The minimum absolute atomic E-state index is 0.153. The zero-order chi connectivity index (χ0) is 14.1. The third-order valence-electron chi connectivity index (χ3n) is 2.28. The summed E-state index contributed by atoms with van der Waals surface area (Å²) in [5, 5.41) is 11.4. The molecule has 1 aromatic carbocycles. The lowest BCUT2D eigenvalue weighted by Gasteiger charge is -2.08. The highest BCUT2D eigenvalue weighted by atomic mass is 16.5. The molecule has 0 saturated carbocycles. The van der Waals surface area contributed by atoms with Gasteiger partial charge in [0.1, 0.15) is 6.61 Å². The van der Waals surface area contributed by atoms with Crippen molar-refractivity contribution in [3.8, 4) is 11.8 Å². The second kappa shape index (κ2) is 8.30. The molecule has 0 atom stereocenters. The third kappa shape index (κ3) is 6.05. The van der Waals surface area contributed by atoms with Crippen LogP contribution in [-0.2, 0) is 4.74 Å². The number of nitrogens with one attached hydrogen (secondary N) is 1. The van der Waals surface area contributed by atoms with Crippen LogP contribution in [0.15, 0.2) is 24.3 Å². The standard InChI is InChI=1S/C15H19NO3/c1-12(2)19-10-8-16-15(18)14-7-3-5-13(11-14)6-4-9-17/h3,5,7,11-12,17H,8-10H2,1-2H3,(H,16,18). The normalized spacial score (nSPS) is 9.89. The van der Waals surface area contributed by atoms with E-state index in [1.807, 2.05) is 13.8 Å². The second-order valence-electron chi connectivity index (χ2n) is 4.22. The largest absolute Gasteiger partial charge is 0.384 e. The van der Waals surface area contributed by atoms with Crippen LogP contribution in [0.5, 0.6) is 0 Å². The fourth-order valence-corrected chi connectivity index (χ4v) is 1.44. The van der Waals surface area contributed by atoms with Gasteiger partial charge in [-0.05, 0) is 32.0 Å². The first-order valence-electron chi connectivity index (χ1n) is 6.23. The van der Waals surface area contributed by atoms with Gasteiger partial charge in [-0.25, -0.2) is 0 Å². The van der Waals surface area contributed by atoms with Crippen LogP contribution in [0.2, 0.25) is 0 Å². The molecule has 1 amide bonds. The summed E-state index contributed by atoms with van der Waals surface area (Å²) in [6, 6.07) is 6.98. The minimum Gasteiger partial charge on any atom is -0.384 e. The number of aliphatic hydroxyl groups is 1. The molecule has 0 unspecified atom stereocenters. The molecule has 0 fully saturated rings. The van der Waals surface area contributed by atoms with E-state index in [-0.39, 0.29) is 18.6 Å². The summed E-state index contributed by atoms with van der Waals surface area (Å²) in [7, 11) is 0. The molecule has 19 heavy (non-hydrogen) atoms. The summed E-state index contributed by atoms with van der Waals surface area (Å²) < 4.78 is 5.34. The molecule has 4 nitrogen and oxygen atoms in total. The summed E-state index contributed by atoms with van der Waals surface area (Å²) in [5.41, 5.74) is 1.26. The fourth-order valence-electron chi connectivity index (χ4n) is 1.44. The van der Waals surface area contributed by atoms with Gasteiger partial charge in [-0.3, -0.25) is 4.79 Å². The molecule has 1 rings (SSSR count). The van der Waals surface area contributed by atoms with E-state index in [9.17, 15) is 4.79 Å². The molecule has 2 N–H and O–H groups in total. The van der Waals surface area contributed by atoms with Crippen molar-refractivity contribution in [3.05, 3.63) is 35.4 Å². The van der Waals surface area contributed by atoms with Crippen molar-refractivity contribution < 1.29 is 14.6 Å². The van der Waals surface area contributed by atoms with E-state index in [1.54, 1.807) is 24.3 Å². The number of amides is 1. The smallest absolute Gasteiger partial charge is 0.251 e. The molecule has 4 heteroatoms. The van der Waals surface area contributed by atoms with E-state index in [2.05, 4.69) is 17.2 Å². The molecule has 0 saturated heterocycles. The summed E-state index contributed by atoms with van der Waals surface area (Å²) in [6.07, 6.45) is 0.161. The fraction of sp³-hybridized carbons (Fsp3) is 0.400. The van der Waals surface area contributed by atoms with Crippen molar-refractivity contribution in [3.63, 3.8) is 0 Å². The zero-order valence-corrected chi connectivity index (χ0v) is 11.3. The van der Waals surface area contributed by atoms with Gasteiger partial charge in [0, 0.05) is 17.7 Å². The Morgan fingerprint density at radius 1 is 1.47 bits per heavy atom. The Morgan fingerprint density at radius 3 is 2.95 bits per heavy atom. The molecule has 1 aromatic rings. The summed E-state index contributed by atoms with van der Waals surface area (Å²) in [5.74, 6) is 5.16. The maximum absolute atomic E-state index is 11.9. The van der Waals surface area contributed by atoms with Gasteiger partial charge in [-0.1, -0.05) is 17.9 Å². The molecular formula is C15H19NO3. The van der Waals surface area contributed by atoms with Gasteiger partial charge in [0.15, 0.2) is 0 Å². The number of carbonyl (C=O) groups is 1. The number of benzene rings is 1. The Labute approximate surface area is 113 Å². The van der Waals surface area contributed by atoms with Gasteiger partial charge in [0.25, 0.3) is 5.91 Å². The monoisotopic (exact) mass is 261 g/mol. The first kappa shape index (κ1) is 15.2. The molecule has 0 aromatic heterocycles. The molecule has 0 aliphatic carbocycles. The Hall–Kier alpha value is -1.83. The minimum atomic E-state index is -0.192. The number of aliphatic hydroxyl groups excluding tert-OH is 1. The SMILES string of the molecule is CC(C)OCCNC(=O)c1cccc(C#CCO)c1. The van der Waals surface area contributed by atoms with Gasteiger partial charge in [-0.15, -0.1) is 0 Å². The van der Waals surface area contributed by atoms with Crippen molar-refractivity contribution >= 4 is 5.91 Å². The lowest BCUT2D eigenvalue weighted by molar-refractivity contribution is 0.0746. The first-order valence-corrected chi connectivity index (χ1v) is 6.23. The summed E-state index contributed by atoms with van der Waals surface area (Å²) in [6.45, 7) is 4.68. The maximum atomic E-state index is 11.9. The Morgan fingerprint density at radius 2 is 2.26 bits per heavy atom. The predicted octanol–water partition coefficient (Wildman–Crippen LogP) is 1.19. The van der Waals surface area contributed by atoms with E-state index in [0.717, 1.165) is 0 Å². The van der Waals surface area contributed by atoms with Crippen LogP contribution in [0.25, 0.3) is 0 Å². The number of rotatable bonds is 5. The number of ether oxygens (including phenoxy) is 1. The topological polar surface area (TPSA) is 58.6 Å². The predicted molar refractivity (Wildman–Crippen MR) is 73.8 cm³/mol. The van der Waals surface area contributed by atoms with Gasteiger partial charge in [-0.2, -0.15) is 0 Å². The van der Waals surface area contributed by atoms with Crippen LogP contribution in [0.3, 0.4) is 0 Å². The second-order valence-corrected chi connectivity index (χ2v) is 4.22. The third-order valence-corrected chi connectivity index (χ3v) is 2.28. The highest BCUT2D eigenvalue weighted by molar-refractivity contribution is 5.94. The summed E-state index contributed by atoms with van der Waals surface area (Å²) >= 11 is 0. The van der Waals surface area contributed by atoms with Crippen LogP contribution in [-0.4, -0.2) is 36.9 Å². The molecule has 0 aliphatic rings. The van der Waals surface area contributed by atoms with Crippen LogP contribution in [0.4, 0.5) is 0 Å². The molecule has 102 valence electrons. The van der Waals surface area contributed by atoms with Crippen LogP contribution < -0.4 is 5.32 Å². The van der Waals surface area contributed by atoms with Crippen LogP contribution >= 0.6 is 0 Å². The lowest BCUT2D eigenvalue weighted by atomic mass is 10.1. The highest BCUT2D eigenvalue weighted by Gasteiger charge is 2.05. The molecule has 0 radical (unpaired) electrons. The summed E-state index contributed by atoms with van der Waals surface area (Å²) in [4.78, 5) is 11.9. The average Bonchev–Trinajstić information content (AvgIpc) is 2.41. The van der Waals surface area contributed by atoms with Crippen molar-refractivity contribution in [2.45, 2.75) is 20.0 Å². The van der Waals surface area contributed by atoms with Crippen LogP contribution in [0, 0.1) is 11.8 Å². The van der Waals surface area contributed by atoms with Gasteiger partial charge in [0.2, 0.25) is 0 Å². The van der Waals surface area contributed by atoms with Crippen molar-refractivity contribution in [2.75, 3.05) is 19.8 Å². The maximum Gasteiger partial charge on any atom is 0.251 e. The molecule has 0 bridgehead atoms. The van der Waals surface area contributed by atoms with E-state index >= 15 is 0 Å². The Kier molecular flexibility index (Phi) is 6.65. The highest BCUT2D eigenvalue weighted by Crippen LogP contribution is 2.04. The van der Waals surface area contributed by atoms with E-state index in [4.69, 9.17) is 9.84 Å². The van der Waals surface area contributed by atoms with E-state index in [1.165, 1.54) is 0 Å². The molecule has 0 spiro atoms.